The molecular weight excluding hydrogens is 515 g/mol. The van der Waals surface area contributed by atoms with Gasteiger partial charge in [-0.05, 0) is 77.8 Å². The number of aryl methyl sites for hydroxylation is 1. The lowest BCUT2D eigenvalue weighted by molar-refractivity contribution is 0.251. The first-order chi connectivity index (χ1) is 17.2. The van der Waals surface area contributed by atoms with E-state index in [9.17, 15) is 13.2 Å². The van der Waals surface area contributed by atoms with Gasteiger partial charge in [-0.3, -0.25) is 0 Å². The summed E-state index contributed by atoms with van der Waals surface area (Å²) >= 11 is 12.1. The third-order valence-corrected chi connectivity index (χ3v) is 8.61. The topological polar surface area (TPSA) is 75.3 Å². The van der Waals surface area contributed by atoms with E-state index in [1.54, 1.807) is 30.3 Å². The van der Waals surface area contributed by atoms with E-state index in [0.29, 0.717) is 27.2 Å². The van der Waals surface area contributed by atoms with Crippen LogP contribution < -0.4 is 10.6 Å². The van der Waals surface area contributed by atoms with Gasteiger partial charge in [0.05, 0.1) is 20.7 Å². The maximum atomic E-state index is 13.0. The molecule has 2 amide bonds. The van der Waals surface area contributed by atoms with Crippen LogP contribution in [-0.2, 0) is 35.0 Å². The van der Waals surface area contributed by atoms with E-state index in [0.717, 1.165) is 24.8 Å². The van der Waals surface area contributed by atoms with Crippen molar-refractivity contribution < 1.29 is 13.2 Å². The highest BCUT2D eigenvalue weighted by Gasteiger charge is 2.19. The molecule has 2 N–H and O–H groups in total. The van der Waals surface area contributed by atoms with Crippen LogP contribution in [0.1, 0.15) is 49.4 Å². The van der Waals surface area contributed by atoms with Crippen molar-refractivity contribution in [2.75, 3.05) is 5.32 Å². The Bertz CT molecular complexity index is 1310. The maximum absolute atomic E-state index is 13.0. The molecule has 36 heavy (non-hydrogen) atoms. The Labute approximate surface area is 224 Å². The Morgan fingerprint density at radius 3 is 2.44 bits per heavy atom. The molecular formula is C28H32Cl2N2O3S. The Morgan fingerprint density at radius 1 is 1.00 bits per heavy atom. The number of carbonyl (C=O) groups is 1. The van der Waals surface area contributed by atoms with Crippen LogP contribution in [0.3, 0.4) is 0 Å². The van der Waals surface area contributed by atoms with Crippen LogP contribution in [0.4, 0.5) is 10.5 Å². The Kier molecular flexibility index (Phi) is 9.83. The molecule has 1 aliphatic rings. The van der Waals surface area contributed by atoms with E-state index in [4.69, 9.17) is 23.2 Å². The lowest BCUT2D eigenvalue weighted by atomic mass is 9.84. The van der Waals surface area contributed by atoms with Gasteiger partial charge in [-0.2, -0.15) is 0 Å². The number of rotatable bonds is 6. The fourth-order valence-electron chi connectivity index (χ4n) is 4.16. The van der Waals surface area contributed by atoms with Crippen molar-refractivity contribution in [1.82, 2.24) is 5.32 Å². The van der Waals surface area contributed by atoms with Crippen LogP contribution >= 0.6 is 23.2 Å². The SMILES string of the molecule is CC.CC1CCc2cc(CS(=O)(=O)c3ccc(NC(=O)NCc4cccc(Cl)c4Cl)cc3)ccc2C1. The second kappa shape index (κ2) is 12.6. The van der Waals surface area contributed by atoms with Crippen LogP contribution in [0.15, 0.2) is 65.6 Å². The van der Waals surface area contributed by atoms with Crippen LogP contribution in [0, 0.1) is 5.92 Å². The van der Waals surface area contributed by atoms with E-state index in [1.807, 2.05) is 26.0 Å². The maximum Gasteiger partial charge on any atom is 0.319 e. The number of hydrogen-bond acceptors (Lipinski definition) is 3. The van der Waals surface area contributed by atoms with Crippen LogP contribution in [0.25, 0.3) is 0 Å². The van der Waals surface area contributed by atoms with Crippen molar-refractivity contribution in [2.24, 2.45) is 5.92 Å². The normalized spacial score (nSPS) is 14.8. The molecule has 0 bridgehead atoms. The summed E-state index contributed by atoms with van der Waals surface area (Å²) in [6.45, 7) is 6.45. The quantitative estimate of drug-likeness (QED) is 0.337. The molecule has 5 nitrogen and oxygen atoms in total. The predicted octanol–water partition coefficient (Wildman–Crippen LogP) is 7.44. The number of halogens is 2. The molecule has 0 radical (unpaired) electrons. The highest BCUT2D eigenvalue weighted by atomic mass is 35.5. The summed E-state index contributed by atoms with van der Waals surface area (Å²) < 4.78 is 25.9. The average Bonchev–Trinajstić information content (AvgIpc) is 2.86. The molecule has 0 aliphatic heterocycles. The Balaban J connectivity index is 0.00000176. The minimum Gasteiger partial charge on any atom is -0.334 e. The first-order valence-electron chi connectivity index (χ1n) is 12.1. The zero-order chi connectivity index (χ0) is 26.3. The predicted molar refractivity (Wildman–Crippen MR) is 149 cm³/mol. The number of hydrogen-bond donors (Lipinski definition) is 2. The smallest absolute Gasteiger partial charge is 0.319 e. The lowest BCUT2D eigenvalue weighted by Gasteiger charge is -2.22. The second-order valence-corrected chi connectivity index (χ2v) is 11.5. The fourth-order valence-corrected chi connectivity index (χ4v) is 5.89. The number of carbonyl (C=O) groups excluding carboxylic acids is 1. The summed E-state index contributed by atoms with van der Waals surface area (Å²) in [7, 11) is -3.51. The van der Waals surface area contributed by atoms with Crippen molar-refractivity contribution >= 4 is 44.8 Å². The fraction of sp³-hybridized carbons (Fsp3) is 0.321. The van der Waals surface area contributed by atoms with E-state index in [1.165, 1.54) is 23.3 Å². The van der Waals surface area contributed by atoms with Gasteiger partial charge in [0.15, 0.2) is 9.84 Å². The minimum absolute atomic E-state index is 0.0521. The highest BCUT2D eigenvalue weighted by Crippen LogP contribution is 2.28. The molecule has 3 aromatic carbocycles. The van der Waals surface area contributed by atoms with Crippen LogP contribution in [0.2, 0.25) is 10.0 Å². The van der Waals surface area contributed by atoms with Crippen molar-refractivity contribution in [1.29, 1.82) is 0 Å². The van der Waals surface area contributed by atoms with Gasteiger partial charge >= 0.3 is 6.03 Å². The van der Waals surface area contributed by atoms with Crippen molar-refractivity contribution in [3.8, 4) is 0 Å². The molecule has 0 saturated carbocycles. The molecule has 1 unspecified atom stereocenters. The molecule has 3 aromatic rings. The van der Waals surface area contributed by atoms with Crippen LogP contribution in [0.5, 0.6) is 0 Å². The molecule has 4 rings (SSSR count). The Hall–Kier alpha value is -2.54. The van der Waals surface area contributed by atoms with Crippen molar-refractivity contribution in [3.05, 3.63) is 93.0 Å². The molecule has 0 fully saturated rings. The Morgan fingerprint density at radius 2 is 1.72 bits per heavy atom. The minimum atomic E-state index is -3.51. The third kappa shape index (κ3) is 7.25. The lowest BCUT2D eigenvalue weighted by Crippen LogP contribution is -2.28. The number of fused-ring (bicyclic) bond motifs is 1. The summed E-state index contributed by atoms with van der Waals surface area (Å²) in [5, 5.41) is 6.22. The van der Waals surface area contributed by atoms with Crippen molar-refractivity contribution in [2.45, 2.75) is 57.2 Å². The highest BCUT2D eigenvalue weighted by molar-refractivity contribution is 7.90. The molecule has 1 aliphatic carbocycles. The monoisotopic (exact) mass is 546 g/mol. The first kappa shape index (κ1) is 28.0. The van der Waals surface area contributed by atoms with Gasteiger partial charge in [0, 0.05) is 12.2 Å². The van der Waals surface area contributed by atoms with Gasteiger partial charge in [-0.25, -0.2) is 13.2 Å². The molecule has 0 spiro atoms. The van der Waals surface area contributed by atoms with Gasteiger partial charge in [0.25, 0.3) is 0 Å². The zero-order valence-corrected chi connectivity index (χ0v) is 23.1. The third-order valence-electron chi connectivity index (χ3n) is 6.04. The largest absolute Gasteiger partial charge is 0.334 e. The number of nitrogens with one attached hydrogen (secondary N) is 2. The number of urea groups is 1. The first-order valence-corrected chi connectivity index (χ1v) is 14.5. The average molecular weight is 548 g/mol. The molecule has 0 saturated heterocycles. The summed E-state index contributed by atoms with van der Waals surface area (Å²) in [6.07, 6.45) is 3.18. The van der Waals surface area contributed by atoms with Gasteiger partial charge < -0.3 is 10.6 Å². The van der Waals surface area contributed by atoms with Gasteiger partial charge in [0.1, 0.15) is 0 Å². The van der Waals surface area contributed by atoms with Gasteiger partial charge in [-0.1, -0.05) is 74.3 Å². The summed E-state index contributed by atoms with van der Waals surface area (Å²) in [5.41, 5.74) is 4.57. The van der Waals surface area contributed by atoms with E-state index in [-0.39, 0.29) is 17.2 Å². The molecule has 1 atom stereocenters. The second-order valence-electron chi connectivity index (χ2n) is 8.76. The standard InChI is InChI=1S/C26H26Cl2N2O3S.C2H6/c1-17-5-7-20-14-18(6-8-19(20)13-17)16-34(32,33)23-11-9-22(10-12-23)30-26(31)29-15-21-3-2-4-24(27)25(21)28;1-2/h2-4,6,8-12,14,17H,5,7,13,15-16H2,1H3,(H2,29,30,31);1-2H3. The van der Waals surface area contributed by atoms with Crippen LogP contribution in [-0.4, -0.2) is 14.4 Å². The van der Waals surface area contributed by atoms with E-state index < -0.39 is 15.9 Å². The molecule has 0 aromatic heterocycles. The summed E-state index contributed by atoms with van der Waals surface area (Å²) in [6, 6.07) is 17.0. The van der Waals surface area contributed by atoms with Crippen molar-refractivity contribution in [3.63, 3.8) is 0 Å². The van der Waals surface area contributed by atoms with Gasteiger partial charge in [0.2, 0.25) is 0 Å². The summed E-state index contributed by atoms with van der Waals surface area (Å²) in [4.78, 5) is 12.4. The summed E-state index contributed by atoms with van der Waals surface area (Å²) in [5.74, 6) is 0.620. The number of amides is 2. The molecule has 192 valence electrons. The molecule has 8 heteroatoms. The zero-order valence-electron chi connectivity index (χ0n) is 20.8. The number of sulfone groups is 1. The van der Waals surface area contributed by atoms with E-state index in [2.05, 4.69) is 23.6 Å². The van der Waals surface area contributed by atoms with E-state index >= 15 is 0 Å². The molecule has 0 heterocycles. The van der Waals surface area contributed by atoms with Gasteiger partial charge in [-0.15, -0.1) is 0 Å². The number of anilines is 1. The number of benzene rings is 3.